The Balaban J connectivity index is 3.23. The third-order valence-electron chi connectivity index (χ3n) is 5.09. The smallest absolute Gasteiger partial charge is 0.220 e. The first-order chi connectivity index (χ1) is 13.2. The zero-order valence-electron chi connectivity index (χ0n) is 17.7. The van der Waals surface area contributed by atoms with Gasteiger partial charge in [-0.25, -0.2) is 0 Å². The van der Waals surface area contributed by atoms with Crippen LogP contribution in [0.15, 0.2) is 0 Å². The van der Waals surface area contributed by atoms with Crippen LogP contribution < -0.4 is 5.32 Å². The summed E-state index contributed by atoms with van der Waals surface area (Å²) in [6, 6.07) is -0.301. The van der Waals surface area contributed by atoms with Gasteiger partial charge in [0, 0.05) is 12.8 Å². The molecule has 0 aliphatic rings. The van der Waals surface area contributed by atoms with Crippen LogP contribution in [0.4, 0.5) is 0 Å². The number of nitrogens with one attached hydrogen (secondary N) is 1. The highest BCUT2D eigenvalue weighted by atomic mass is 16.2. The molecule has 4 nitrogen and oxygen atoms in total. The lowest BCUT2D eigenvalue weighted by Gasteiger charge is -2.11. The van der Waals surface area contributed by atoms with Crippen LogP contribution in [0.5, 0.6) is 0 Å². The van der Waals surface area contributed by atoms with Crippen molar-refractivity contribution in [2.75, 3.05) is 0 Å². The van der Waals surface area contributed by atoms with Gasteiger partial charge >= 0.3 is 0 Å². The quantitative estimate of drug-likeness (QED) is 0.198. The number of hydrogen-bond donors (Lipinski definition) is 1. The molecule has 0 fully saturated rings. The molecule has 4 heteroatoms. The highest BCUT2D eigenvalue weighted by Crippen LogP contribution is 2.13. The summed E-state index contributed by atoms with van der Waals surface area (Å²) in [5.74, 6) is 0.0179. The van der Waals surface area contributed by atoms with Gasteiger partial charge in [-0.15, -0.1) is 0 Å². The first-order valence-corrected chi connectivity index (χ1v) is 11.4. The molecular weight excluding hydrogens is 338 g/mol. The van der Waals surface area contributed by atoms with Gasteiger partial charge in [-0.2, -0.15) is 0 Å². The van der Waals surface area contributed by atoms with Crippen LogP contribution in [-0.2, 0) is 14.4 Å². The Bertz CT molecular complexity index is 358. The van der Waals surface area contributed by atoms with E-state index in [1.165, 1.54) is 70.6 Å². The van der Waals surface area contributed by atoms with E-state index in [2.05, 4.69) is 5.32 Å². The van der Waals surface area contributed by atoms with Crippen molar-refractivity contribution in [1.29, 1.82) is 0 Å². The Kier molecular flexibility index (Phi) is 20.2. The molecule has 1 N–H and O–H groups in total. The normalized spacial score (nSPS) is 11.9. The monoisotopic (exact) mass is 381 g/mol. The van der Waals surface area contributed by atoms with Crippen LogP contribution in [0.1, 0.15) is 122 Å². The molecule has 0 saturated carbocycles. The van der Waals surface area contributed by atoms with Crippen molar-refractivity contribution in [3.8, 4) is 0 Å². The average molecular weight is 382 g/mol. The van der Waals surface area contributed by atoms with Crippen LogP contribution in [0, 0.1) is 0 Å². The van der Waals surface area contributed by atoms with E-state index in [0.29, 0.717) is 6.42 Å². The van der Waals surface area contributed by atoms with Crippen LogP contribution in [0.25, 0.3) is 0 Å². The zero-order chi connectivity index (χ0) is 20.0. The van der Waals surface area contributed by atoms with Crippen molar-refractivity contribution in [2.24, 2.45) is 0 Å². The van der Waals surface area contributed by atoms with E-state index in [1.807, 2.05) is 6.92 Å². The van der Waals surface area contributed by atoms with Gasteiger partial charge < -0.3 is 14.9 Å². The minimum absolute atomic E-state index is 0.0179. The first-order valence-electron chi connectivity index (χ1n) is 11.4. The predicted octanol–water partition coefficient (Wildman–Crippen LogP) is 5.91. The summed E-state index contributed by atoms with van der Waals surface area (Å²) in [4.78, 5) is 32.8. The largest absolute Gasteiger partial charge is 0.347 e. The molecule has 0 radical (unpaired) electrons. The van der Waals surface area contributed by atoms with Crippen LogP contribution in [-0.4, -0.2) is 24.5 Å². The van der Waals surface area contributed by atoms with Crippen LogP contribution in [0.3, 0.4) is 0 Å². The number of carbonyl (C=O) groups is 3. The predicted molar refractivity (Wildman–Crippen MR) is 113 cm³/mol. The Hall–Kier alpha value is -1.19. The second-order valence-corrected chi connectivity index (χ2v) is 7.75. The summed E-state index contributed by atoms with van der Waals surface area (Å²) in [5, 5.41) is 2.80. The van der Waals surface area contributed by atoms with E-state index in [4.69, 9.17) is 0 Å². The zero-order valence-corrected chi connectivity index (χ0v) is 17.7. The third-order valence-corrected chi connectivity index (χ3v) is 5.09. The van der Waals surface area contributed by atoms with Gasteiger partial charge in [0.15, 0.2) is 0 Å². The van der Waals surface area contributed by atoms with Gasteiger partial charge in [0.25, 0.3) is 0 Å². The highest BCUT2D eigenvalue weighted by molar-refractivity contribution is 5.79. The number of rotatable bonds is 21. The summed E-state index contributed by atoms with van der Waals surface area (Å²) < 4.78 is 0. The molecule has 0 aromatic carbocycles. The minimum Gasteiger partial charge on any atom is -0.347 e. The Morgan fingerprint density at radius 3 is 1.59 bits per heavy atom. The van der Waals surface area contributed by atoms with Gasteiger partial charge in [-0.1, -0.05) is 90.4 Å². The van der Waals surface area contributed by atoms with Gasteiger partial charge in [0.05, 0.1) is 6.04 Å². The van der Waals surface area contributed by atoms with E-state index in [1.54, 1.807) is 0 Å². The summed E-state index contributed by atoms with van der Waals surface area (Å²) >= 11 is 0. The van der Waals surface area contributed by atoms with Crippen molar-refractivity contribution >= 4 is 18.5 Å². The van der Waals surface area contributed by atoms with Crippen molar-refractivity contribution in [1.82, 2.24) is 5.32 Å². The molecule has 0 aliphatic carbocycles. The number of aldehydes is 2. The van der Waals surface area contributed by atoms with E-state index in [-0.39, 0.29) is 11.9 Å². The van der Waals surface area contributed by atoms with Crippen molar-refractivity contribution in [3.63, 3.8) is 0 Å². The Morgan fingerprint density at radius 1 is 0.741 bits per heavy atom. The second kappa shape index (κ2) is 21.1. The van der Waals surface area contributed by atoms with Gasteiger partial charge in [-0.3, -0.25) is 4.79 Å². The number of carbonyl (C=O) groups excluding carboxylic acids is 3. The molecule has 0 spiro atoms. The Labute approximate surface area is 167 Å². The molecule has 0 rings (SSSR count). The summed E-state index contributed by atoms with van der Waals surface area (Å²) in [6.45, 7) is 2.02. The Morgan fingerprint density at radius 2 is 1.19 bits per heavy atom. The molecule has 27 heavy (non-hydrogen) atoms. The number of hydrogen-bond acceptors (Lipinski definition) is 3. The fourth-order valence-electron chi connectivity index (χ4n) is 3.40. The number of amides is 1. The fourth-order valence-corrected chi connectivity index (χ4v) is 3.40. The molecule has 0 aromatic heterocycles. The SMILES string of the molecule is CCCC(C=O)NC(=O)CCCCCCCCCCCCCCCCC=O. The molecule has 158 valence electrons. The topological polar surface area (TPSA) is 63.2 Å². The molecule has 1 amide bonds. The highest BCUT2D eigenvalue weighted by Gasteiger charge is 2.09. The molecular formula is C23H43NO3. The van der Waals surface area contributed by atoms with E-state index in [0.717, 1.165) is 51.1 Å². The first kappa shape index (κ1) is 25.8. The molecule has 0 heterocycles. The lowest BCUT2D eigenvalue weighted by Crippen LogP contribution is -2.35. The van der Waals surface area contributed by atoms with Gasteiger partial charge in [-0.05, 0) is 19.3 Å². The molecule has 0 aromatic rings. The van der Waals surface area contributed by atoms with Crippen molar-refractivity contribution in [3.05, 3.63) is 0 Å². The summed E-state index contributed by atoms with van der Waals surface area (Å²) in [6.07, 6.45) is 22.2. The van der Waals surface area contributed by atoms with E-state index in [9.17, 15) is 14.4 Å². The maximum atomic E-state index is 11.8. The minimum atomic E-state index is -0.301. The fraction of sp³-hybridized carbons (Fsp3) is 0.870. The molecule has 0 saturated heterocycles. The van der Waals surface area contributed by atoms with Gasteiger partial charge in [0.1, 0.15) is 12.6 Å². The van der Waals surface area contributed by atoms with Crippen molar-refractivity contribution in [2.45, 2.75) is 129 Å². The summed E-state index contributed by atoms with van der Waals surface area (Å²) in [7, 11) is 0. The maximum absolute atomic E-state index is 11.8. The van der Waals surface area contributed by atoms with Gasteiger partial charge in [0.2, 0.25) is 5.91 Å². The van der Waals surface area contributed by atoms with Crippen LogP contribution >= 0.6 is 0 Å². The molecule has 1 atom stereocenters. The molecule has 0 bridgehead atoms. The summed E-state index contributed by atoms with van der Waals surface area (Å²) in [5.41, 5.74) is 0. The third kappa shape index (κ3) is 19.4. The second-order valence-electron chi connectivity index (χ2n) is 7.75. The van der Waals surface area contributed by atoms with Crippen molar-refractivity contribution < 1.29 is 14.4 Å². The number of unbranched alkanes of at least 4 members (excludes halogenated alkanes) is 14. The lowest BCUT2D eigenvalue weighted by molar-refractivity contribution is -0.124. The maximum Gasteiger partial charge on any atom is 0.220 e. The lowest BCUT2D eigenvalue weighted by atomic mass is 10.0. The molecule has 1 unspecified atom stereocenters. The molecule has 0 aliphatic heterocycles. The van der Waals surface area contributed by atoms with E-state index >= 15 is 0 Å². The average Bonchev–Trinajstić information content (AvgIpc) is 2.67. The standard InChI is InChI=1S/C23H43NO3/c1-2-18-22(21-26)24-23(27)19-16-14-12-10-8-6-4-3-5-7-9-11-13-15-17-20-25/h20-22H,2-19H2,1H3,(H,24,27). The van der Waals surface area contributed by atoms with E-state index < -0.39 is 0 Å². The van der Waals surface area contributed by atoms with Crippen LogP contribution in [0.2, 0.25) is 0 Å².